The van der Waals surface area contributed by atoms with Crippen molar-refractivity contribution >= 4 is 22.2 Å². The topological polar surface area (TPSA) is 35.5 Å². The Bertz CT molecular complexity index is 421. The van der Waals surface area contributed by atoms with Crippen molar-refractivity contribution in [2.45, 2.75) is 6.92 Å². The molecule has 0 saturated carbocycles. The van der Waals surface area contributed by atoms with Crippen LogP contribution in [0.2, 0.25) is 0 Å². The number of carbonyl (C=O) groups is 1. The minimum Gasteiger partial charge on any atom is -0.490 e. The van der Waals surface area contributed by atoms with Gasteiger partial charge in [0.25, 0.3) is 0 Å². The van der Waals surface area contributed by atoms with Crippen molar-refractivity contribution in [1.29, 1.82) is 0 Å². The maximum atomic E-state index is 10.9. The Kier molecular flexibility index (Phi) is 4.87. The smallest absolute Gasteiger partial charge is 0.173 e. The molecule has 0 N–H and O–H groups in total. The molecule has 1 aromatic carbocycles. The summed E-state index contributed by atoms with van der Waals surface area (Å²) in [7, 11) is 0. The summed E-state index contributed by atoms with van der Waals surface area (Å²) in [4.78, 5) is 10.9. The number of ether oxygens (including phenoxy) is 2. The third-order valence-electron chi connectivity index (χ3n) is 1.77. The second-order valence-corrected chi connectivity index (χ2v) is 3.78. The average Bonchev–Trinajstić information content (AvgIpc) is 2.27. The Balaban J connectivity index is 3.16. The lowest BCUT2D eigenvalue weighted by atomic mass is 10.2. The first-order valence-corrected chi connectivity index (χ1v) is 5.50. The Morgan fingerprint density at radius 3 is 2.81 bits per heavy atom. The lowest BCUT2D eigenvalue weighted by Gasteiger charge is -2.12. The van der Waals surface area contributed by atoms with E-state index < -0.39 is 0 Å². The molecule has 0 heterocycles. The van der Waals surface area contributed by atoms with Crippen LogP contribution in [0.4, 0.5) is 0 Å². The molecular formula is C12H11BrO3. The molecule has 0 aromatic heterocycles. The zero-order valence-corrected chi connectivity index (χ0v) is 10.4. The van der Waals surface area contributed by atoms with Crippen molar-refractivity contribution < 1.29 is 14.3 Å². The van der Waals surface area contributed by atoms with Crippen molar-refractivity contribution in [2.24, 2.45) is 0 Å². The van der Waals surface area contributed by atoms with Crippen LogP contribution >= 0.6 is 15.9 Å². The molecule has 0 spiro atoms. The van der Waals surface area contributed by atoms with E-state index in [1.165, 1.54) is 0 Å². The second kappa shape index (κ2) is 6.19. The maximum absolute atomic E-state index is 10.9. The number of benzene rings is 1. The molecule has 0 radical (unpaired) electrons. The highest BCUT2D eigenvalue weighted by Gasteiger charge is 2.12. The molecule has 0 amide bonds. The van der Waals surface area contributed by atoms with E-state index in [0.717, 1.165) is 4.47 Å². The van der Waals surface area contributed by atoms with Crippen LogP contribution < -0.4 is 9.47 Å². The predicted octanol–water partition coefficient (Wildman–Crippen LogP) is 2.67. The summed E-state index contributed by atoms with van der Waals surface area (Å²) in [5.74, 6) is 3.24. The molecule has 0 fully saturated rings. The van der Waals surface area contributed by atoms with E-state index in [9.17, 15) is 4.79 Å². The van der Waals surface area contributed by atoms with Crippen LogP contribution in [0.3, 0.4) is 0 Å². The SMILES string of the molecule is C#CCOc1c(C=O)cc(Br)cc1OCC. The summed E-state index contributed by atoms with van der Waals surface area (Å²) < 4.78 is 11.4. The number of rotatable bonds is 5. The van der Waals surface area contributed by atoms with Crippen LogP contribution in [0, 0.1) is 12.3 Å². The van der Waals surface area contributed by atoms with Crippen molar-refractivity contribution in [3.05, 3.63) is 22.2 Å². The summed E-state index contributed by atoms with van der Waals surface area (Å²) in [6.45, 7) is 2.44. The normalized spacial score (nSPS) is 9.31. The van der Waals surface area contributed by atoms with Gasteiger partial charge in [-0.15, -0.1) is 6.42 Å². The number of halogens is 1. The van der Waals surface area contributed by atoms with Crippen LogP contribution in [-0.2, 0) is 0 Å². The molecule has 1 aromatic rings. The molecule has 16 heavy (non-hydrogen) atoms. The fraction of sp³-hybridized carbons (Fsp3) is 0.250. The van der Waals surface area contributed by atoms with Crippen molar-refractivity contribution in [3.8, 4) is 23.8 Å². The van der Waals surface area contributed by atoms with Gasteiger partial charge in [-0.3, -0.25) is 4.79 Å². The van der Waals surface area contributed by atoms with Crippen molar-refractivity contribution in [1.82, 2.24) is 0 Å². The summed E-state index contributed by atoms with van der Waals surface area (Å²) in [5, 5.41) is 0. The van der Waals surface area contributed by atoms with Gasteiger partial charge in [-0.1, -0.05) is 21.9 Å². The van der Waals surface area contributed by atoms with Crippen LogP contribution in [0.5, 0.6) is 11.5 Å². The molecule has 0 atom stereocenters. The van der Waals surface area contributed by atoms with Gasteiger partial charge in [0.15, 0.2) is 17.8 Å². The number of aldehydes is 1. The lowest BCUT2D eigenvalue weighted by molar-refractivity contribution is 0.111. The molecule has 1 rings (SSSR count). The van der Waals surface area contributed by atoms with Gasteiger partial charge >= 0.3 is 0 Å². The van der Waals surface area contributed by atoms with Gasteiger partial charge in [0.05, 0.1) is 12.2 Å². The first-order chi connectivity index (χ1) is 7.72. The highest BCUT2D eigenvalue weighted by molar-refractivity contribution is 9.10. The van der Waals surface area contributed by atoms with E-state index in [4.69, 9.17) is 15.9 Å². The number of carbonyl (C=O) groups excluding carboxylic acids is 1. The Morgan fingerprint density at radius 1 is 1.50 bits per heavy atom. The van der Waals surface area contributed by atoms with Gasteiger partial charge in [0.2, 0.25) is 0 Å². The summed E-state index contributed by atoms with van der Waals surface area (Å²) in [6.07, 6.45) is 5.82. The molecule has 84 valence electrons. The third kappa shape index (κ3) is 3.01. The van der Waals surface area contributed by atoms with Crippen molar-refractivity contribution in [2.75, 3.05) is 13.2 Å². The van der Waals surface area contributed by atoms with E-state index in [1.807, 2.05) is 6.92 Å². The Labute approximate surface area is 103 Å². The first kappa shape index (κ1) is 12.6. The van der Waals surface area contributed by atoms with Crippen LogP contribution in [0.25, 0.3) is 0 Å². The van der Waals surface area contributed by atoms with Crippen LogP contribution in [0.1, 0.15) is 17.3 Å². The molecule has 0 aliphatic carbocycles. The van der Waals surface area contributed by atoms with Gasteiger partial charge in [-0.05, 0) is 19.1 Å². The summed E-state index contributed by atoms with van der Waals surface area (Å²) >= 11 is 3.29. The fourth-order valence-electron chi connectivity index (χ4n) is 1.21. The molecular weight excluding hydrogens is 272 g/mol. The van der Waals surface area contributed by atoms with E-state index in [-0.39, 0.29) is 6.61 Å². The lowest BCUT2D eigenvalue weighted by Crippen LogP contribution is -2.02. The molecule has 4 heteroatoms. The highest BCUT2D eigenvalue weighted by Crippen LogP contribution is 2.34. The van der Waals surface area contributed by atoms with Crippen LogP contribution in [0.15, 0.2) is 16.6 Å². The molecule has 3 nitrogen and oxygen atoms in total. The molecule has 0 aliphatic rings. The predicted molar refractivity (Wildman–Crippen MR) is 65.0 cm³/mol. The number of hydrogen-bond acceptors (Lipinski definition) is 3. The minimum atomic E-state index is 0.0997. The zero-order valence-electron chi connectivity index (χ0n) is 8.83. The Hall–Kier alpha value is -1.47. The van der Waals surface area contributed by atoms with Crippen molar-refractivity contribution in [3.63, 3.8) is 0 Å². The fourth-order valence-corrected chi connectivity index (χ4v) is 1.66. The molecule has 0 saturated heterocycles. The zero-order chi connectivity index (χ0) is 12.0. The maximum Gasteiger partial charge on any atom is 0.173 e. The summed E-state index contributed by atoms with van der Waals surface area (Å²) in [6, 6.07) is 3.39. The number of hydrogen-bond donors (Lipinski definition) is 0. The van der Waals surface area contributed by atoms with Gasteiger partial charge < -0.3 is 9.47 Å². The number of terminal acetylenes is 1. The van der Waals surface area contributed by atoms with Gasteiger partial charge in [-0.2, -0.15) is 0 Å². The van der Waals surface area contributed by atoms with E-state index in [1.54, 1.807) is 12.1 Å². The molecule has 0 bridgehead atoms. The van der Waals surface area contributed by atoms with Gasteiger partial charge in [0.1, 0.15) is 6.61 Å². The first-order valence-electron chi connectivity index (χ1n) is 4.70. The minimum absolute atomic E-state index is 0.0997. The van der Waals surface area contributed by atoms with E-state index in [0.29, 0.717) is 30.0 Å². The quantitative estimate of drug-likeness (QED) is 0.615. The third-order valence-corrected chi connectivity index (χ3v) is 2.23. The molecule has 0 aliphatic heterocycles. The van der Waals surface area contributed by atoms with E-state index >= 15 is 0 Å². The highest BCUT2D eigenvalue weighted by atomic mass is 79.9. The average molecular weight is 283 g/mol. The summed E-state index contributed by atoms with van der Waals surface area (Å²) in [5.41, 5.74) is 0.410. The Morgan fingerprint density at radius 2 is 2.25 bits per heavy atom. The van der Waals surface area contributed by atoms with Gasteiger partial charge in [0, 0.05) is 4.47 Å². The molecule has 0 unspecified atom stereocenters. The second-order valence-electron chi connectivity index (χ2n) is 2.87. The monoisotopic (exact) mass is 282 g/mol. The van der Waals surface area contributed by atoms with Gasteiger partial charge in [-0.25, -0.2) is 0 Å². The van der Waals surface area contributed by atoms with Crippen LogP contribution in [-0.4, -0.2) is 19.5 Å². The largest absolute Gasteiger partial charge is 0.490 e. The van der Waals surface area contributed by atoms with E-state index in [2.05, 4.69) is 21.9 Å². The standard InChI is InChI=1S/C12H11BrO3/c1-3-5-16-12-9(8-14)6-10(13)7-11(12)15-4-2/h1,6-8H,4-5H2,2H3.